The van der Waals surface area contributed by atoms with Gasteiger partial charge >= 0.3 is 6.09 Å². The van der Waals surface area contributed by atoms with E-state index >= 15 is 0 Å². The molecule has 0 saturated carbocycles. The highest BCUT2D eigenvalue weighted by atomic mass is 35.5. The first kappa shape index (κ1) is 19.6. The summed E-state index contributed by atoms with van der Waals surface area (Å²) in [5.74, 6) is 1.79. The van der Waals surface area contributed by atoms with Crippen LogP contribution in [0.15, 0.2) is 10.8 Å². The standard InChI is InChI=1S/C16H18ClN7O4S/c1-2-24-12-9(27-7-8-6-23(16(25)26)3-4-29-8)5-19-13(17)10(12)20-15(24)11-14(18)22-28-21-11/h5,8H,2-4,6-7H2,1H3,(H2,18,22)(H,25,26)/t8-/m0/s1. The van der Waals surface area contributed by atoms with Crippen molar-refractivity contribution >= 4 is 46.3 Å². The number of thioether (sulfide) groups is 1. The normalized spacial score (nSPS) is 17.0. The molecule has 0 aromatic carbocycles. The van der Waals surface area contributed by atoms with Crippen molar-refractivity contribution in [1.82, 2.24) is 29.7 Å². The number of amides is 1. The fourth-order valence-electron chi connectivity index (χ4n) is 3.21. The van der Waals surface area contributed by atoms with Crippen molar-refractivity contribution in [3.63, 3.8) is 0 Å². The molecule has 1 atom stereocenters. The molecule has 3 aromatic rings. The van der Waals surface area contributed by atoms with Gasteiger partial charge < -0.3 is 25.0 Å². The molecule has 0 aliphatic carbocycles. The Morgan fingerprint density at radius 3 is 3.03 bits per heavy atom. The number of aryl methyl sites for hydroxylation is 1. The Bertz CT molecular complexity index is 1060. The summed E-state index contributed by atoms with van der Waals surface area (Å²) in [6, 6.07) is 0. The topological polar surface area (TPSA) is 145 Å². The lowest BCUT2D eigenvalue weighted by molar-refractivity contribution is 0.143. The largest absolute Gasteiger partial charge is 0.488 e. The monoisotopic (exact) mass is 439 g/mol. The van der Waals surface area contributed by atoms with Gasteiger partial charge in [-0.1, -0.05) is 11.6 Å². The van der Waals surface area contributed by atoms with Gasteiger partial charge in [-0.15, -0.1) is 0 Å². The first-order valence-corrected chi connectivity index (χ1v) is 10.3. The van der Waals surface area contributed by atoms with E-state index in [2.05, 4.69) is 20.3 Å². The third-order valence-corrected chi connectivity index (χ3v) is 6.02. The number of fused-ring (bicyclic) bond motifs is 1. The van der Waals surface area contributed by atoms with Crippen LogP contribution in [0.25, 0.3) is 22.6 Å². The molecule has 29 heavy (non-hydrogen) atoms. The zero-order valence-corrected chi connectivity index (χ0v) is 17.0. The summed E-state index contributed by atoms with van der Waals surface area (Å²) < 4.78 is 12.6. The van der Waals surface area contributed by atoms with Crippen LogP contribution in [0.5, 0.6) is 5.75 Å². The fraction of sp³-hybridized carbons (Fsp3) is 0.438. The second-order valence-corrected chi connectivity index (χ2v) is 8.09. The maximum Gasteiger partial charge on any atom is 0.407 e. The highest BCUT2D eigenvalue weighted by Crippen LogP contribution is 2.35. The molecule has 0 spiro atoms. The summed E-state index contributed by atoms with van der Waals surface area (Å²) in [5.41, 5.74) is 7.25. The Labute approximate surface area is 174 Å². The van der Waals surface area contributed by atoms with Crippen LogP contribution in [-0.2, 0) is 6.54 Å². The van der Waals surface area contributed by atoms with Crippen LogP contribution in [0.3, 0.4) is 0 Å². The number of imidazole rings is 1. The number of nitrogens with two attached hydrogens (primary N) is 1. The molecule has 154 valence electrons. The van der Waals surface area contributed by atoms with E-state index in [1.165, 1.54) is 11.1 Å². The Hall–Kier alpha value is -2.73. The number of ether oxygens (including phenoxy) is 1. The first-order valence-electron chi connectivity index (χ1n) is 8.85. The summed E-state index contributed by atoms with van der Waals surface area (Å²) in [5, 5.41) is 16.9. The lowest BCUT2D eigenvalue weighted by Gasteiger charge is -2.30. The minimum Gasteiger partial charge on any atom is -0.488 e. The summed E-state index contributed by atoms with van der Waals surface area (Å²) >= 11 is 7.95. The van der Waals surface area contributed by atoms with Crippen LogP contribution >= 0.6 is 23.4 Å². The molecular weight excluding hydrogens is 422 g/mol. The van der Waals surface area contributed by atoms with E-state index in [1.807, 2.05) is 11.5 Å². The molecule has 0 unspecified atom stereocenters. The van der Waals surface area contributed by atoms with Crippen molar-refractivity contribution in [3.05, 3.63) is 11.3 Å². The van der Waals surface area contributed by atoms with Gasteiger partial charge in [0.1, 0.15) is 17.6 Å². The number of rotatable bonds is 5. The van der Waals surface area contributed by atoms with Crippen molar-refractivity contribution in [3.8, 4) is 17.3 Å². The number of pyridine rings is 1. The highest BCUT2D eigenvalue weighted by Gasteiger charge is 2.26. The summed E-state index contributed by atoms with van der Waals surface area (Å²) in [7, 11) is 0. The minimum absolute atomic E-state index is 0.0124. The van der Waals surface area contributed by atoms with Crippen LogP contribution in [0.2, 0.25) is 5.15 Å². The Morgan fingerprint density at radius 2 is 2.34 bits per heavy atom. The van der Waals surface area contributed by atoms with Gasteiger partial charge in [-0.25, -0.2) is 19.4 Å². The average molecular weight is 440 g/mol. The van der Waals surface area contributed by atoms with E-state index in [1.54, 1.807) is 11.8 Å². The van der Waals surface area contributed by atoms with Gasteiger partial charge in [0.25, 0.3) is 0 Å². The third kappa shape index (κ3) is 3.65. The van der Waals surface area contributed by atoms with E-state index in [0.29, 0.717) is 54.5 Å². The van der Waals surface area contributed by atoms with E-state index in [9.17, 15) is 9.90 Å². The molecule has 4 heterocycles. The average Bonchev–Trinajstić information content (AvgIpc) is 3.31. The maximum absolute atomic E-state index is 11.2. The number of aromatic nitrogens is 5. The second kappa shape index (κ2) is 7.95. The Kier molecular flexibility index (Phi) is 5.37. The van der Waals surface area contributed by atoms with Crippen molar-refractivity contribution in [2.75, 3.05) is 31.2 Å². The molecule has 1 fully saturated rings. The Balaban J connectivity index is 1.66. The maximum atomic E-state index is 11.2. The molecule has 1 aliphatic rings. The molecule has 3 aromatic heterocycles. The van der Waals surface area contributed by atoms with Crippen molar-refractivity contribution in [2.45, 2.75) is 18.7 Å². The first-order chi connectivity index (χ1) is 14.0. The molecule has 13 heteroatoms. The molecule has 0 bridgehead atoms. The lowest BCUT2D eigenvalue weighted by Crippen LogP contribution is -2.43. The quantitative estimate of drug-likeness (QED) is 0.567. The SMILES string of the molecule is CCn1c(-c2nonc2N)nc2c(Cl)ncc(OC[C@@H]3CN(C(=O)O)CCS3)c21. The number of nitrogens with zero attached hydrogens (tertiary/aromatic N) is 6. The molecule has 1 amide bonds. The molecule has 1 saturated heterocycles. The Morgan fingerprint density at radius 1 is 1.52 bits per heavy atom. The van der Waals surface area contributed by atoms with Gasteiger partial charge in [-0.2, -0.15) is 11.8 Å². The van der Waals surface area contributed by atoms with Crippen LogP contribution in [0.1, 0.15) is 6.92 Å². The van der Waals surface area contributed by atoms with Gasteiger partial charge in [0.05, 0.1) is 11.4 Å². The number of nitrogen functional groups attached to an aromatic ring is 1. The number of carboxylic acid groups (broad SMARTS) is 1. The predicted octanol–water partition coefficient (Wildman–Crippen LogP) is 2.21. The molecule has 11 nitrogen and oxygen atoms in total. The number of carbonyl (C=O) groups is 1. The molecule has 0 radical (unpaired) electrons. The van der Waals surface area contributed by atoms with Gasteiger partial charge in [0.15, 0.2) is 28.2 Å². The van der Waals surface area contributed by atoms with Crippen molar-refractivity contribution < 1.29 is 19.3 Å². The van der Waals surface area contributed by atoms with Gasteiger partial charge in [-0.05, 0) is 17.2 Å². The number of anilines is 1. The molecule has 3 N–H and O–H groups in total. The van der Waals surface area contributed by atoms with Crippen LogP contribution in [0, 0.1) is 0 Å². The summed E-state index contributed by atoms with van der Waals surface area (Å²) in [6.07, 6.45) is 0.619. The highest BCUT2D eigenvalue weighted by molar-refractivity contribution is 8.00. The van der Waals surface area contributed by atoms with Crippen molar-refractivity contribution in [1.29, 1.82) is 0 Å². The zero-order valence-electron chi connectivity index (χ0n) is 15.4. The van der Waals surface area contributed by atoms with Gasteiger partial charge in [0, 0.05) is 25.4 Å². The molecular formula is C16H18ClN7O4S. The lowest BCUT2D eigenvalue weighted by atomic mass is 10.3. The minimum atomic E-state index is -0.918. The van der Waals surface area contributed by atoms with E-state index in [0.717, 1.165) is 5.75 Å². The van der Waals surface area contributed by atoms with E-state index in [4.69, 9.17) is 26.7 Å². The second-order valence-electron chi connectivity index (χ2n) is 6.32. The molecule has 1 aliphatic heterocycles. The van der Waals surface area contributed by atoms with Crippen LogP contribution < -0.4 is 10.5 Å². The zero-order chi connectivity index (χ0) is 20.5. The van der Waals surface area contributed by atoms with Crippen LogP contribution in [-0.4, -0.2) is 71.6 Å². The van der Waals surface area contributed by atoms with Crippen molar-refractivity contribution in [2.24, 2.45) is 0 Å². The number of hydrogen-bond donors (Lipinski definition) is 2. The fourth-order valence-corrected chi connectivity index (χ4v) is 4.49. The third-order valence-electron chi connectivity index (χ3n) is 4.57. The van der Waals surface area contributed by atoms with E-state index < -0.39 is 6.09 Å². The van der Waals surface area contributed by atoms with Gasteiger partial charge in [-0.3, -0.25) is 0 Å². The van der Waals surface area contributed by atoms with E-state index in [-0.39, 0.29) is 16.2 Å². The number of halogens is 1. The summed E-state index contributed by atoms with van der Waals surface area (Å²) in [6.45, 7) is 3.73. The summed E-state index contributed by atoms with van der Waals surface area (Å²) in [4.78, 5) is 21.3. The smallest absolute Gasteiger partial charge is 0.407 e. The van der Waals surface area contributed by atoms with Crippen LogP contribution in [0.4, 0.5) is 10.6 Å². The molecule has 4 rings (SSSR count). The predicted molar refractivity (Wildman–Crippen MR) is 107 cm³/mol. The van der Waals surface area contributed by atoms with Gasteiger partial charge in [0.2, 0.25) is 0 Å². The number of hydrogen-bond acceptors (Lipinski definition) is 9.